The van der Waals surface area contributed by atoms with E-state index in [-0.39, 0.29) is 17.4 Å². The maximum atomic E-state index is 12.9. The molecule has 2 aliphatic rings. The van der Waals surface area contributed by atoms with Crippen LogP contribution in [0.15, 0.2) is 12.1 Å². The molecule has 1 aromatic heterocycles. The Balaban J connectivity index is 1.99. The van der Waals surface area contributed by atoms with Crippen LogP contribution >= 0.6 is 0 Å². The van der Waals surface area contributed by atoms with Crippen molar-refractivity contribution < 1.29 is 37.1 Å². The number of hydrogen-bond acceptors (Lipinski definition) is 6. The minimum Gasteiger partial charge on any atom is -0.459 e. The summed E-state index contributed by atoms with van der Waals surface area (Å²) in [6.45, 7) is 0.392. The van der Waals surface area contributed by atoms with Crippen LogP contribution in [0.3, 0.4) is 0 Å². The van der Waals surface area contributed by atoms with Gasteiger partial charge in [0.05, 0.1) is 5.69 Å². The molecule has 3 rings (SSSR count). The molecule has 2 atom stereocenters. The number of ether oxygens (including phenoxy) is 1. The number of Topliss-reactive ketones (excluding diaryl/α,β-unsaturated/α-hetero) is 3. The van der Waals surface area contributed by atoms with E-state index in [0.717, 1.165) is 13.0 Å². The Hall–Kier alpha value is -2.58. The molecule has 1 aromatic rings. The monoisotopic (exact) mass is 383 g/mol. The second-order valence-electron chi connectivity index (χ2n) is 6.78. The van der Waals surface area contributed by atoms with Crippen molar-refractivity contribution in [2.45, 2.75) is 39.0 Å². The van der Waals surface area contributed by atoms with Crippen LogP contribution in [0, 0.1) is 17.8 Å². The highest BCUT2D eigenvalue weighted by atomic mass is 19.4. The second kappa shape index (κ2) is 6.86. The van der Waals surface area contributed by atoms with Crippen LogP contribution in [0.5, 0.6) is 0 Å². The summed E-state index contributed by atoms with van der Waals surface area (Å²) in [7, 11) is 0. The van der Waals surface area contributed by atoms with Crippen molar-refractivity contribution in [2.24, 2.45) is 17.8 Å². The number of aromatic nitrogens is 1. The lowest BCUT2D eigenvalue weighted by molar-refractivity contribution is -0.143. The van der Waals surface area contributed by atoms with Gasteiger partial charge in [0.2, 0.25) is 0 Å². The van der Waals surface area contributed by atoms with E-state index >= 15 is 0 Å². The molecule has 2 bridgehead atoms. The number of pyridine rings is 1. The van der Waals surface area contributed by atoms with Gasteiger partial charge in [-0.2, -0.15) is 13.2 Å². The van der Waals surface area contributed by atoms with Gasteiger partial charge in [0.15, 0.2) is 17.3 Å². The van der Waals surface area contributed by atoms with Gasteiger partial charge < -0.3 is 4.74 Å². The molecular formula is C18H16F3NO5. The zero-order valence-electron chi connectivity index (χ0n) is 14.3. The van der Waals surface area contributed by atoms with Gasteiger partial charge >= 0.3 is 12.1 Å². The predicted octanol–water partition coefficient (Wildman–Crippen LogP) is 2.53. The summed E-state index contributed by atoms with van der Waals surface area (Å²) in [4.78, 5) is 52.2. The summed E-state index contributed by atoms with van der Waals surface area (Å²) < 4.78 is 43.5. The van der Waals surface area contributed by atoms with E-state index in [2.05, 4.69) is 4.98 Å². The van der Waals surface area contributed by atoms with Crippen molar-refractivity contribution in [2.75, 3.05) is 0 Å². The number of nitrogens with zero attached hydrogens (tertiary/aromatic N) is 1. The van der Waals surface area contributed by atoms with Crippen LogP contribution in [0.1, 0.15) is 47.9 Å². The molecule has 2 aliphatic carbocycles. The summed E-state index contributed by atoms with van der Waals surface area (Å²) >= 11 is 0. The number of alkyl halides is 3. The van der Waals surface area contributed by atoms with E-state index in [4.69, 9.17) is 4.74 Å². The van der Waals surface area contributed by atoms with Crippen molar-refractivity contribution in [1.29, 1.82) is 0 Å². The normalized spacial score (nSPS) is 24.8. The predicted molar refractivity (Wildman–Crippen MR) is 83.4 cm³/mol. The number of halogens is 3. The lowest BCUT2D eigenvalue weighted by Crippen LogP contribution is -2.42. The highest BCUT2D eigenvalue weighted by molar-refractivity contribution is 6.26. The molecule has 1 heterocycles. The fourth-order valence-electron chi connectivity index (χ4n) is 3.69. The van der Waals surface area contributed by atoms with Gasteiger partial charge in [0.25, 0.3) is 0 Å². The number of ketones is 3. The third kappa shape index (κ3) is 3.63. The number of esters is 1. The molecule has 0 aliphatic heterocycles. The summed E-state index contributed by atoms with van der Waals surface area (Å²) in [6, 6.07) is 1.49. The van der Waals surface area contributed by atoms with Gasteiger partial charge in [0, 0.05) is 24.3 Å². The Labute approximate surface area is 152 Å². The first-order chi connectivity index (χ1) is 12.6. The van der Waals surface area contributed by atoms with Crippen LogP contribution in [0.4, 0.5) is 13.2 Å². The Bertz CT molecular complexity index is 811. The number of hydrogen-bond donors (Lipinski definition) is 0. The average Bonchev–Trinajstić information content (AvgIpc) is 3.04. The lowest BCUT2D eigenvalue weighted by Gasteiger charge is -2.24. The molecule has 0 saturated heterocycles. The molecular weight excluding hydrogens is 367 g/mol. The molecule has 6 nitrogen and oxygen atoms in total. The first kappa shape index (κ1) is 19.2. The van der Waals surface area contributed by atoms with Crippen LogP contribution < -0.4 is 0 Å². The van der Waals surface area contributed by atoms with Gasteiger partial charge in [0.1, 0.15) is 18.2 Å². The van der Waals surface area contributed by atoms with Crippen LogP contribution in [0.2, 0.25) is 0 Å². The lowest BCUT2D eigenvalue weighted by atomic mass is 9.75. The second-order valence-corrected chi connectivity index (χ2v) is 6.78. The van der Waals surface area contributed by atoms with Crippen molar-refractivity contribution >= 4 is 23.3 Å². The van der Waals surface area contributed by atoms with Gasteiger partial charge in [-0.3, -0.25) is 19.2 Å². The topological polar surface area (TPSA) is 90.4 Å². The van der Waals surface area contributed by atoms with Gasteiger partial charge in [-0.05, 0) is 31.4 Å². The summed E-state index contributed by atoms with van der Waals surface area (Å²) in [5, 5.41) is 0. The number of carbonyl (C=O) groups excluding carboxylic acids is 4. The van der Waals surface area contributed by atoms with Crippen molar-refractivity contribution in [3.8, 4) is 0 Å². The SMILES string of the molecule is CC(=O)OCc1nc(C(F)(F)F)ccc1C(=O)C1C(=O)C2CCC(C2)C1=O. The molecule has 9 heteroatoms. The van der Waals surface area contributed by atoms with E-state index in [1.807, 2.05) is 0 Å². The van der Waals surface area contributed by atoms with E-state index in [9.17, 15) is 32.3 Å². The minimum absolute atomic E-state index is 0.308. The van der Waals surface area contributed by atoms with E-state index in [1.165, 1.54) is 0 Å². The third-order valence-electron chi connectivity index (χ3n) is 5.01. The largest absolute Gasteiger partial charge is 0.459 e. The van der Waals surface area contributed by atoms with Crippen LogP contribution in [-0.2, 0) is 31.9 Å². The molecule has 2 fully saturated rings. The highest BCUT2D eigenvalue weighted by Crippen LogP contribution is 2.41. The van der Waals surface area contributed by atoms with E-state index < -0.39 is 53.4 Å². The Morgan fingerprint density at radius 1 is 1.15 bits per heavy atom. The molecule has 0 spiro atoms. The van der Waals surface area contributed by atoms with Crippen LogP contribution in [0.25, 0.3) is 0 Å². The minimum atomic E-state index is -4.76. The Morgan fingerprint density at radius 3 is 2.26 bits per heavy atom. The third-order valence-corrected chi connectivity index (χ3v) is 5.01. The standard InChI is InChI=1S/C18H16F3NO5/c1-8(23)27-7-12-11(4-5-13(22-12)18(19,20)21)17(26)14-15(24)9-2-3-10(6-9)16(14)25/h4-5,9-10,14H,2-3,6-7H2,1H3. The zero-order valence-corrected chi connectivity index (χ0v) is 14.3. The molecule has 2 unspecified atom stereocenters. The van der Waals surface area contributed by atoms with E-state index in [1.54, 1.807) is 0 Å². The molecule has 27 heavy (non-hydrogen) atoms. The first-order valence-electron chi connectivity index (χ1n) is 8.41. The molecule has 0 radical (unpaired) electrons. The van der Waals surface area contributed by atoms with Crippen molar-refractivity contribution in [3.05, 3.63) is 29.1 Å². The van der Waals surface area contributed by atoms with E-state index in [0.29, 0.717) is 25.3 Å². The summed E-state index contributed by atoms with van der Waals surface area (Å²) in [6.07, 6.45) is -3.27. The number of carbonyl (C=O) groups is 4. The Kier molecular flexibility index (Phi) is 4.88. The number of fused-ring (bicyclic) bond motifs is 2. The smallest absolute Gasteiger partial charge is 0.433 e. The number of rotatable bonds is 4. The fraction of sp³-hybridized carbons (Fsp3) is 0.500. The molecule has 0 aromatic carbocycles. The maximum Gasteiger partial charge on any atom is 0.433 e. The molecule has 0 amide bonds. The molecule has 2 saturated carbocycles. The Morgan fingerprint density at radius 2 is 1.74 bits per heavy atom. The quantitative estimate of drug-likeness (QED) is 0.451. The summed E-state index contributed by atoms with van der Waals surface area (Å²) in [5.74, 6) is -4.90. The maximum absolute atomic E-state index is 12.9. The average molecular weight is 383 g/mol. The van der Waals surface area contributed by atoms with Crippen molar-refractivity contribution in [3.63, 3.8) is 0 Å². The van der Waals surface area contributed by atoms with Crippen molar-refractivity contribution in [1.82, 2.24) is 4.98 Å². The zero-order chi connectivity index (χ0) is 19.9. The van der Waals surface area contributed by atoms with Gasteiger partial charge in [-0.1, -0.05) is 0 Å². The fourth-order valence-corrected chi connectivity index (χ4v) is 3.69. The first-order valence-corrected chi connectivity index (χ1v) is 8.41. The van der Waals surface area contributed by atoms with Gasteiger partial charge in [-0.25, -0.2) is 4.98 Å². The highest BCUT2D eigenvalue weighted by Gasteiger charge is 2.50. The molecule has 144 valence electrons. The summed E-state index contributed by atoms with van der Waals surface area (Å²) in [5.41, 5.74) is -2.00. The molecule has 0 N–H and O–H groups in total. The van der Waals surface area contributed by atoms with Crippen LogP contribution in [-0.4, -0.2) is 28.3 Å². The van der Waals surface area contributed by atoms with Gasteiger partial charge in [-0.15, -0.1) is 0 Å².